The third-order valence-electron chi connectivity index (χ3n) is 2.73. The fraction of sp³-hybridized carbons (Fsp3) is 0.429. The lowest BCUT2D eigenvalue weighted by molar-refractivity contribution is -0.111. The van der Waals surface area contributed by atoms with Crippen LogP contribution in [-0.2, 0) is 9.53 Å². The van der Waals surface area contributed by atoms with Crippen LogP contribution in [0.2, 0.25) is 5.02 Å². The van der Waals surface area contributed by atoms with E-state index in [1.807, 2.05) is 6.92 Å². The lowest BCUT2D eigenvalue weighted by atomic mass is 9.96. The Morgan fingerprint density at radius 1 is 1.47 bits per heavy atom. The van der Waals surface area contributed by atoms with Crippen molar-refractivity contribution in [1.29, 1.82) is 0 Å². The molecule has 0 aromatic heterocycles. The van der Waals surface area contributed by atoms with E-state index in [1.165, 1.54) is 0 Å². The molecule has 0 saturated heterocycles. The van der Waals surface area contributed by atoms with Crippen LogP contribution in [0.5, 0.6) is 0 Å². The van der Waals surface area contributed by atoms with E-state index < -0.39 is 18.1 Å². The Hall–Kier alpha value is -1.55. The van der Waals surface area contributed by atoms with Gasteiger partial charge in [0.05, 0.1) is 5.92 Å². The predicted octanol–water partition coefficient (Wildman–Crippen LogP) is 3.15. The standard InChI is InChI=1S/C14H18ClNO3/c1-3-8-16-14(18)19-10(2)12(9-17)11-6-4-5-7-13(11)15/h4-7,9-10,12H,3,8H2,1-2H3,(H,16,18). The maximum absolute atomic E-state index is 11.5. The van der Waals surface area contributed by atoms with Gasteiger partial charge in [0.25, 0.3) is 0 Å². The lowest BCUT2D eigenvalue weighted by Crippen LogP contribution is -2.31. The Morgan fingerprint density at radius 3 is 2.74 bits per heavy atom. The number of aldehydes is 1. The van der Waals surface area contributed by atoms with E-state index in [-0.39, 0.29) is 0 Å². The summed E-state index contributed by atoms with van der Waals surface area (Å²) in [6, 6.07) is 7.04. The highest BCUT2D eigenvalue weighted by Crippen LogP contribution is 2.26. The van der Waals surface area contributed by atoms with Crippen molar-refractivity contribution in [2.45, 2.75) is 32.3 Å². The fourth-order valence-electron chi connectivity index (χ4n) is 1.69. The summed E-state index contributed by atoms with van der Waals surface area (Å²) in [4.78, 5) is 22.7. The molecule has 1 aromatic rings. The van der Waals surface area contributed by atoms with E-state index in [4.69, 9.17) is 16.3 Å². The van der Waals surface area contributed by atoms with E-state index in [2.05, 4.69) is 5.32 Å². The van der Waals surface area contributed by atoms with Crippen LogP contribution in [-0.4, -0.2) is 25.0 Å². The molecule has 2 atom stereocenters. The second-order valence-corrected chi connectivity index (χ2v) is 4.63. The largest absolute Gasteiger partial charge is 0.445 e. The number of ether oxygens (including phenoxy) is 1. The quantitative estimate of drug-likeness (QED) is 0.816. The zero-order chi connectivity index (χ0) is 14.3. The van der Waals surface area contributed by atoms with Crippen LogP contribution in [0.15, 0.2) is 24.3 Å². The van der Waals surface area contributed by atoms with Crippen LogP contribution in [0.25, 0.3) is 0 Å². The van der Waals surface area contributed by atoms with Crippen molar-refractivity contribution in [3.63, 3.8) is 0 Å². The van der Waals surface area contributed by atoms with Crippen molar-refractivity contribution in [3.05, 3.63) is 34.9 Å². The van der Waals surface area contributed by atoms with Crippen molar-refractivity contribution < 1.29 is 14.3 Å². The zero-order valence-corrected chi connectivity index (χ0v) is 11.8. The van der Waals surface area contributed by atoms with Gasteiger partial charge in [0.2, 0.25) is 0 Å². The molecule has 2 unspecified atom stereocenters. The van der Waals surface area contributed by atoms with Crippen LogP contribution >= 0.6 is 11.6 Å². The Labute approximate surface area is 118 Å². The van der Waals surface area contributed by atoms with E-state index in [9.17, 15) is 9.59 Å². The minimum atomic E-state index is -0.575. The maximum atomic E-state index is 11.5. The summed E-state index contributed by atoms with van der Waals surface area (Å²) in [5, 5.41) is 3.09. The number of carbonyl (C=O) groups is 2. The normalized spacial score (nSPS) is 13.4. The van der Waals surface area contributed by atoms with E-state index >= 15 is 0 Å². The van der Waals surface area contributed by atoms with E-state index in [1.54, 1.807) is 31.2 Å². The molecule has 0 radical (unpaired) electrons. The molecule has 5 heteroatoms. The van der Waals surface area contributed by atoms with Crippen molar-refractivity contribution >= 4 is 24.0 Å². The predicted molar refractivity (Wildman–Crippen MR) is 74.5 cm³/mol. The van der Waals surface area contributed by atoms with Gasteiger partial charge in [-0.25, -0.2) is 4.79 Å². The first kappa shape index (κ1) is 15.5. The van der Waals surface area contributed by atoms with Gasteiger partial charge in [-0.1, -0.05) is 36.7 Å². The van der Waals surface area contributed by atoms with E-state index in [0.29, 0.717) is 17.1 Å². The van der Waals surface area contributed by atoms with Crippen LogP contribution in [0.1, 0.15) is 31.7 Å². The number of hydrogen-bond donors (Lipinski definition) is 1. The Kier molecular flexibility index (Phi) is 6.36. The number of alkyl carbamates (subject to hydrolysis) is 1. The van der Waals surface area contributed by atoms with Gasteiger partial charge >= 0.3 is 6.09 Å². The summed E-state index contributed by atoms with van der Waals surface area (Å²) < 4.78 is 5.17. The molecule has 1 N–H and O–H groups in total. The summed E-state index contributed by atoms with van der Waals surface area (Å²) in [6.07, 6.45) is 0.479. The molecule has 4 nitrogen and oxygen atoms in total. The molecule has 0 bridgehead atoms. The summed E-state index contributed by atoms with van der Waals surface area (Å²) in [5.41, 5.74) is 0.662. The molecule has 0 aliphatic carbocycles. The van der Waals surface area contributed by atoms with Gasteiger partial charge in [0, 0.05) is 11.6 Å². The second-order valence-electron chi connectivity index (χ2n) is 4.22. The average Bonchev–Trinajstić information content (AvgIpc) is 2.39. The SMILES string of the molecule is CCCNC(=O)OC(C)C(C=O)c1ccccc1Cl. The van der Waals surface area contributed by atoms with Crippen molar-refractivity contribution in [3.8, 4) is 0 Å². The molecule has 1 amide bonds. The van der Waals surface area contributed by atoms with E-state index in [0.717, 1.165) is 12.7 Å². The zero-order valence-electron chi connectivity index (χ0n) is 11.1. The molecule has 1 rings (SSSR count). The van der Waals surface area contributed by atoms with Crippen molar-refractivity contribution in [2.24, 2.45) is 0 Å². The van der Waals surface area contributed by atoms with Crippen LogP contribution in [0.3, 0.4) is 0 Å². The van der Waals surface area contributed by atoms with Crippen LogP contribution in [0, 0.1) is 0 Å². The number of amides is 1. The van der Waals surface area contributed by atoms with Crippen molar-refractivity contribution in [1.82, 2.24) is 5.32 Å². The molecule has 0 heterocycles. The highest BCUT2D eigenvalue weighted by Gasteiger charge is 2.24. The van der Waals surface area contributed by atoms with Gasteiger partial charge in [0.1, 0.15) is 12.4 Å². The number of halogens is 1. The molecule has 1 aromatic carbocycles. The Bertz CT molecular complexity index is 436. The van der Waals surface area contributed by atoms with Crippen LogP contribution < -0.4 is 5.32 Å². The van der Waals surface area contributed by atoms with Gasteiger partial charge in [0.15, 0.2) is 0 Å². The fourth-order valence-corrected chi connectivity index (χ4v) is 1.95. The molecule has 0 aliphatic rings. The first-order valence-corrected chi connectivity index (χ1v) is 6.62. The number of carbonyl (C=O) groups excluding carboxylic acids is 2. The second kappa shape index (κ2) is 7.79. The smallest absolute Gasteiger partial charge is 0.407 e. The monoisotopic (exact) mass is 283 g/mol. The highest BCUT2D eigenvalue weighted by atomic mass is 35.5. The topological polar surface area (TPSA) is 55.4 Å². The summed E-state index contributed by atoms with van der Waals surface area (Å²) in [6.45, 7) is 4.17. The van der Waals surface area contributed by atoms with Gasteiger partial charge < -0.3 is 14.8 Å². The Balaban J connectivity index is 2.72. The minimum absolute atomic E-state index is 0.490. The number of benzene rings is 1. The molecule has 104 valence electrons. The molecule has 19 heavy (non-hydrogen) atoms. The number of hydrogen-bond acceptors (Lipinski definition) is 3. The highest BCUT2D eigenvalue weighted by molar-refractivity contribution is 6.31. The minimum Gasteiger partial charge on any atom is -0.445 e. The molecule has 0 fully saturated rings. The lowest BCUT2D eigenvalue weighted by Gasteiger charge is -2.20. The van der Waals surface area contributed by atoms with Gasteiger partial charge in [-0.2, -0.15) is 0 Å². The van der Waals surface area contributed by atoms with Gasteiger partial charge in [-0.3, -0.25) is 0 Å². The van der Waals surface area contributed by atoms with Crippen molar-refractivity contribution in [2.75, 3.05) is 6.54 Å². The first-order chi connectivity index (χ1) is 9.10. The Morgan fingerprint density at radius 2 is 2.16 bits per heavy atom. The maximum Gasteiger partial charge on any atom is 0.407 e. The summed E-state index contributed by atoms with van der Waals surface area (Å²) in [5.74, 6) is -0.568. The molecule has 0 aliphatic heterocycles. The molecule has 0 spiro atoms. The summed E-state index contributed by atoms with van der Waals surface area (Å²) in [7, 11) is 0. The number of nitrogens with one attached hydrogen (secondary N) is 1. The third kappa shape index (κ3) is 4.56. The van der Waals surface area contributed by atoms with Gasteiger partial charge in [-0.05, 0) is 25.0 Å². The molecule has 0 saturated carbocycles. The van der Waals surface area contributed by atoms with Crippen LogP contribution in [0.4, 0.5) is 4.79 Å². The molecular formula is C14H18ClNO3. The van der Waals surface area contributed by atoms with Gasteiger partial charge in [-0.15, -0.1) is 0 Å². The number of rotatable bonds is 6. The average molecular weight is 284 g/mol. The summed E-state index contributed by atoms with van der Waals surface area (Å²) >= 11 is 6.05. The first-order valence-electron chi connectivity index (χ1n) is 6.24. The third-order valence-corrected chi connectivity index (χ3v) is 3.07. The molecular weight excluding hydrogens is 266 g/mol.